The number of hydrogen-bond donors (Lipinski definition) is 0. The van der Waals surface area contributed by atoms with E-state index in [1.807, 2.05) is 0 Å². The van der Waals surface area contributed by atoms with Crippen molar-refractivity contribution in [2.24, 2.45) is 0 Å². The summed E-state index contributed by atoms with van der Waals surface area (Å²) >= 11 is 0. The van der Waals surface area contributed by atoms with Crippen molar-refractivity contribution >= 4 is 5.91 Å². The highest BCUT2D eigenvalue weighted by Crippen LogP contribution is 2.01. The van der Waals surface area contributed by atoms with Crippen LogP contribution in [0.3, 0.4) is 0 Å². The van der Waals surface area contributed by atoms with Crippen LogP contribution in [0.15, 0.2) is 12.2 Å². The highest BCUT2D eigenvalue weighted by molar-refractivity contribution is 5.75. The van der Waals surface area contributed by atoms with E-state index in [1.165, 1.54) is 19.3 Å². The fraction of sp³-hybridized carbons (Fsp3) is 0.750. The van der Waals surface area contributed by atoms with Gasteiger partial charge in [-0.3, -0.25) is 4.79 Å². The number of amides is 1. The Balaban J connectivity index is 3.31. The van der Waals surface area contributed by atoms with Gasteiger partial charge in [0.2, 0.25) is 5.91 Å². The molecule has 82 valence electrons. The first kappa shape index (κ1) is 13.2. The van der Waals surface area contributed by atoms with Crippen LogP contribution in [0.1, 0.15) is 45.4 Å². The van der Waals surface area contributed by atoms with Gasteiger partial charge in [-0.1, -0.05) is 31.9 Å². The summed E-state index contributed by atoms with van der Waals surface area (Å²) in [6, 6.07) is 0. The van der Waals surface area contributed by atoms with Crippen LogP contribution in [0, 0.1) is 0 Å². The zero-order chi connectivity index (χ0) is 10.8. The number of carbonyl (C=O) groups excluding carboxylic acids is 1. The minimum Gasteiger partial charge on any atom is -0.349 e. The van der Waals surface area contributed by atoms with Crippen molar-refractivity contribution in [2.45, 2.75) is 45.4 Å². The molecule has 0 atom stereocenters. The summed E-state index contributed by atoms with van der Waals surface area (Å²) in [6.45, 7) is 2.21. The zero-order valence-electron chi connectivity index (χ0n) is 9.75. The van der Waals surface area contributed by atoms with Crippen LogP contribution in [0.5, 0.6) is 0 Å². The number of unbranched alkanes of at least 4 members (excludes halogenated alkanes) is 3. The third-order valence-corrected chi connectivity index (χ3v) is 2.16. The van der Waals surface area contributed by atoms with Crippen molar-refractivity contribution in [2.75, 3.05) is 14.1 Å². The van der Waals surface area contributed by atoms with E-state index in [-0.39, 0.29) is 5.91 Å². The maximum absolute atomic E-state index is 11.2. The van der Waals surface area contributed by atoms with Crippen LogP contribution < -0.4 is 0 Å². The Morgan fingerprint density at radius 2 is 1.79 bits per heavy atom. The van der Waals surface area contributed by atoms with E-state index in [0.29, 0.717) is 6.42 Å². The number of nitrogens with zero attached hydrogens (tertiary/aromatic N) is 1. The van der Waals surface area contributed by atoms with Gasteiger partial charge in [0.15, 0.2) is 0 Å². The highest BCUT2D eigenvalue weighted by atomic mass is 16.2. The second-order valence-electron chi connectivity index (χ2n) is 3.79. The zero-order valence-corrected chi connectivity index (χ0v) is 9.75. The molecule has 0 saturated carbocycles. The standard InChI is InChI=1S/C12H23NO/c1-4-5-6-7-8-9-10-11-12(14)13(2)3/h8-9H,4-7,10-11H2,1-3H3/b9-8-. The predicted molar refractivity (Wildman–Crippen MR) is 61.2 cm³/mol. The molecule has 0 heterocycles. The van der Waals surface area contributed by atoms with Crippen LogP contribution in [0.25, 0.3) is 0 Å². The molecule has 0 aliphatic rings. The van der Waals surface area contributed by atoms with Gasteiger partial charge in [-0.2, -0.15) is 0 Å². The molecular formula is C12H23NO. The van der Waals surface area contributed by atoms with Gasteiger partial charge in [0.25, 0.3) is 0 Å². The van der Waals surface area contributed by atoms with E-state index in [9.17, 15) is 4.79 Å². The quantitative estimate of drug-likeness (QED) is 0.454. The first-order valence-corrected chi connectivity index (χ1v) is 5.53. The van der Waals surface area contributed by atoms with Crippen molar-refractivity contribution in [3.63, 3.8) is 0 Å². The summed E-state index contributed by atoms with van der Waals surface area (Å²) in [7, 11) is 3.60. The van der Waals surface area contributed by atoms with Crippen LogP contribution in [0.4, 0.5) is 0 Å². The summed E-state index contributed by atoms with van der Waals surface area (Å²) in [5.41, 5.74) is 0. The number of carbonyl (C=O) groups is 1. The number of rotatable bonds is 7. The van der Waals surface area contributed by atoms with Gasteiger partial charge in [0, 0.05) is 20.5 Å². The number of hydrogen-bond acceptors (Lipinski definition) is 1. The first-order valence-electron chi connectivity index (χ1n) is 5.53. The Morgan fingerprint density at radius 1 is 1.14 bits per heavy atom. The molecule has 0 saturated heterocycles. The lowest BCUT2D eigenvalue weighted by Crippen LogP contribution is -2.20. The molecule has 2 heteroatoms. The summed E-state index contributed by atoms with van der Waals surface area (Å²) < 4.78 is 0. The second kappa shape index (κ2) is 8.79. The Labute approximate surface area is 88.0 Å². The second-order valence-corrected chi connectivity index (χ2v) is 3.79. The molecule has 0 aliphatic carbocycles. The lowest BCUT2D eigenvalue weighted by Gasteiger charge is -2.07. The molecule has 0 radical (unpaired) electrons. The Morgan fingerprint density at radius 3 is 2.36 bits per heavy atom. The van der Waals surface area contributed by atoms with Crippen LogP contribution in [-0.2, 0) is 4.79 Å². The molecular weight excluding hydrogens is 174 g/mol. The van der Waals surface area contributed by atoms with E-state index >= 15 is 0 Å². The first-order chi connectivity index (χ1) is 6.68. The molecule has 0 bridgehead atoms. The van der Waals surface area contributed by atoms with E-state index in [4.69, 9.17) is 0 Å². The third-order valence-electron chi connectivity index (χ3n) is 2.16. The van der Waals surface area contributed by atoms with Crippen molar-refractivity contribution in [1.82, 2.24) is 4.90 Å². The summed E-state index contributed by atoms with van der Waals surface area (Å²) in [4.78, 5) is 12.8. The topological polar surface area (TPSA) is 20.3 Å². The van der Waals surface area contributed by atoms with Crippen LogP contribution >= 0.6 is 0 Å². The molecule has 0 aromatic carbocycles. The molecule has 0 fully saturated rings. The normalized spacial score (nSPS) is 10.8. The molecule has 0 spiro atoms. The fourth-order valence-corrected chi connectivity index (χ4v) is 1.18. The molecule has 0 aromatic rings. The average Bonchev–Trinajstić information content (AvgIpc) is 2.16. The Bertz CT molecular complexity index is 173. The van der Waals surface area contributed by atoms with Gasteiger partial charge in [0.1, 0.15) is 0 Å². The fourth-order valence-electron chi connectivity index (χ4n) is 1.18. The lowest BCUT2D eigenvalue weighted by atomic mass is 10.2. The molecule has 14 heavy (non-hydrogen) atoms. The van der Waals surface area contributed by atoms with E-state index < -0.39 is 0 Å². The van der Waals surface area contributed by atoms with Crippen molar-refractivity contribution in [1.29, 1.82) is 0 Å². The Kier molecular flexibility index (Phi) is 8.30. The van der Waals surface area contributed by atoms with Gasteiger partial charge in [-0.25, -0.2) is 0 Å². The minimum absolute atomic E-state index is 0.211. The Hall–Kier alpha value is -0.790. The minimum atomic E-state index is 0.211. The molecule has 0 N–H and O–H groups in total. The summed E-state index contributed by atoms with van der Waals surface area (Å²) in [6.07, 6.45) is 10.8. The largest absolute Gasteiger partial charge is 0.349 e. The molecule has 2 nitrogen and oxygen atoms in total. The van der Waals surface area contributed by atoms with Crippen molar-refractivity contribution in [3.8, 4) is 0 Å². The smallest absolute Gasteiger partial charge is 0.222 e. The molecule has 0 unspecified atom stereocenters. The van der Waals surface area contributed by atoms with Crippen molar-refractivity contribution < 1.29 is 4.79 Å². The average molecular weight is 197 g/mol. The number of allylic oxidation sites excluding steroid dienone is 2. The van der Waals surface area contributed by atoms with E-state index in [0.717, 1.165) is 12.8 Å². The molecule has 1 amide bonds. The van der Waals surface area contributed by atoms with Crippen molar-refractivity contribution in [3.05, 3.63) is 12.2 Å². The molecule has 0 rings (SSSR count). The van der Waals surface area contributed by atoms with Crippen LogP contribution in [-0.4, -0.2) is 24.9 Å². The van der Waals surface area contributed by atoms with Crippen LogP contribution in [0.2, 0.25) is 0 Å². The van der Waals surface area contributed by atoms with Gasteiger partial charge in [-0.15, -0.1) is 0 Å². The van der Waals surface area contributed by atoms with E-state index in [2.05, 4.69) is 19.1 Å². The highest BCUT2D eigenvalue weighted by Gasteiger charge is 2.00. The summed E-state index contributed by atoms with van der Waals surface area (Å²) in [5.74, 6) is 0.211. The predicted octanol–water partition coefficient (Wildman–Crippen LogP) is 2.99. The third kappa shape index (κ3) is 7.84. The monoisotopic (exact) mass is 197 g/mol. The van der Waals surface area contributed by atoms with Gasteiger partial charge >= 0.3 is 0 Å². The lowest BCUT2D eigenvalue weighted by molar-refractivity contribution is -0.128. The summed E-state index contributed by atoms with van der Waals surface area (Å²) in [5, 5.41) is 0. The van der Waals surface area contributed by atoms with Gasteiger partial charge in [-0.05, 0) is 19.3 Å². The van der Waals surface area contributed by atoms with E-state index in [1.54, 1.807) is 19.0 Å². The van der Waals surface area contributed by atoms with Gasteiger partial charge in [0.05, 0.1) is 0 Å². The molecule has 0 aromatic heterocycles. The van der Waals surface area contributed by atoms with Gasteiger partial charge < -0.3 is 4.90 Å². The maximum Gasteiger partial charge on any atom is 0.222 e. The SMILES string of the molecule is CCCCC/C=C\CCC(=O)N(C)C. The molecule has 0 aliphatic heterocycles. The maximum atomic E-state index is 11.2.